The van der Waals surface area contributed by atoms with Crippen molar-refractivity contribution in [3.63, 3.8) is 0 Å². The standard InChI is InChI=1S/C2H4BrNO/c3-2(4)1-5/h1-2H,4H2/t2-/m1/s1. The molecule has 3 heteroatoms. The molecular weight excluding hydrogens is 134 g/mol. The Morgan fingerprint density at radius 1 is 2.00 bits per heavy atom. The molecule has 0 bridgehead atoms. The first-order valence-electron chi connectivity index (χ1n) is 1.12. The van der Waals surface area contributed by atoms with Crippen molar-refractivity contribution in [3.8, 4) is 0 Å². The third-order valence-electron chi connectivity index (χ3n) is 0.130. The monoisotopic (exact) mass is 137 g/mol. The van der Waals surface area contributed by atoms with Crippen molar-refractivity contribution >= 4 is 22.2 Å². The number of halogens is 1. The van der Waals surface area contributed by atoms with Gasteiger partial charge in [-0.1, -0.05) is 15.9 Å². The molecular formula is C2H4BrNO. The Hall–Kier alpha value is 0.110. The number of hydrogen-bond donors (Lipinski definition) is 1. The molecule has 2 nitrogen and oxygen atoms in total. The number of nitrogens with two attached hydrogens (primary N) is 1. The van der Waals surface area contributed by atoms with Crippen LogP contribution in [0.2, 0.25) is 0 Å². The summed E-state index contributed by atoms with van der Waals surface area (Å²) in [6, 6.07) is 0. The zero-order valence-electron chi connectivity index (χ0n) is 2.52. The average molecular weight is 138 g/mol. The Labute approximate surface area is 38.5 Å². The molecule has 0 fully saturated rings. The molecule has 0 aliphatic heterocycles. The number of carbonyl (C=O) groups excluding carboxylic acids is 1. The second kappa shape index (κ2) is 2.35. The molecule has 0 saturated heterocycles. The van der Waals surface area contributed by atoms with Crippen LogP contribution in [0.5, 0.6) is 0 Å². The molecule has 30 valence electrons. The Balaban J connectivity index is 2.83. The Kier molecular flexibility index (Phi) is 2.41. The highest BCUT2D eigenvalue weighted by Gasteiger charge is 1.82. The molecule has 0 heterocycles. The highest BCUT2D eigenvalue weighted by atomic mass is 79.9. The van der Waals surface area contributed by atoms with Gasteiger partial charge in [0.2, 0.25) is 0 Å². The largest absolute Gasteiger partial charge is 0.313 e. The van der Waals surface area contributed by atoms with Crippen molar-refractivity contribution in [2.24, 2.45) is 5.73 Å². The van der Waals surface area contributed by atoms with E-state index < -0.39 is 4.95 Å². The first kappa shape index (κ1) is 5.11. The fourth-order valence-electron chi connectivity index (χ4n) is 0. The minimum absolute atomic E-state index is 0.484. The third-order valence-corrected chi connectivity index (χ3v) is 0.346. The molecule has 0 amide bonds. The van der Waals surface area contributed by atoms with Gasteiger partial charge in [-0.2, -0.15) is 0 Å². The molecule has 5 heavy (non-hydrogen) atoms. The van der Waals surface area contributed by atoms with Crippen LogP contribution in [0.4, 0.5) is 0 Å². The number of rotatable bonds is 1. The summed E-state index contributed by atoms with van der Waals surface area (Å²) in [5, 5.41) is 0. The zero-order chi connectivity index (χ0) is 4.28. The number of hydrogen-bond acceptors (Lipinski definition) is 2. The summed E-state index contributed by atoms with van der Waals surface area (Å²) in [5.41, 5.74) is 4.84. The van der Waals surface area contributed by atoms with E-state index in [4.69, 9.17) is 5.73 Å². The summed E-state index contributed by atoms with van der Waals surface area (Å²) >= 11 is 2.78. The second-order valence-corrected chi connectivity index (χ2v) is 1.64. The fourth-order valence-corrected chi connectivity index (χ4v) is 0. The van der Waals surface area contributed by atoms with Crippen LogP contribution in [-0.4, -0.2) is 11.2 Å². The quantitative estimate of drug-likeness (QED) is 0.311. The molecule has 2 N–H and O–H groups in total. The summed E-state index contributed by atoms with van der Waals surface area (Å²) in [5.74, 6) is 0. The zero-order valence-corrected chi connectivity index (χ0v) is 4.10. The van der Waals surface area contributed by atoms with Crippen molar-refractivity contribution in [1.29, 1.82) is 0 Å². The molecule has 0 saturated carbocycles. The van der Waals surface area contributed by atoms with Gasteiger partial charge in [0.1, 0.15) is 11.2 Å². The lowest BCUT2D eigenvalue weighted by Crippen LogP contribution is -2.10. The van der Waals surface area contributed by atoms with Gasteiger partial charge in [0, 0.05) is 0 Å². The van der Waals surface area contributed by atoms with Crippen LogP contribution in [0, 0.1) is 0 Å². The summed E-state index contributed by atoms with van der Waals surface area (Å²) in [7, 11) is 0. The van der Waals surface area contributed by atoms with E-state index in [-0.39, 0.29) is 0 Å². The Morgan fingerprint density at radius 3 is 2.20 bits per heavy atom. The molecule has 0 aliphatic carbocycles. The normalized spacial score (nSPS) is 14.0. The van der Waals surface area contributed by atoms with Crippen molar-refractivity contribution < 1.29 is 4.79 Å². The first-order chi connectivity index (χ1) is 2.27. The summed E-state index contributed by atoms with van der Waals surface area (Å²) in [6.45, 7) is 0. The van der Waals surface area contributed by atoms with Gasteiger partial charge in [0.25, 0.3) is 0 Å². The summed E-state index contributed by atoms with van der Waals surface area (Å²) < 4.78 is 0. The van der Waals surface area contributed by atoms with Crippen molar-refractivity contribution in [2.75, 3.05) is 0 Å². The van der Waals surface area contributed by atoms with Gasteiger partial charge in [-0.3, -0.25) is 0 Å². The van der Waals surface area contributed by atoms with Gasteiger partial charge in [0.15, 0.2) is 0 Å². The number of aldehydes is 1. The molecule has 0 spiro atoms. The molecule has 0 unspecified atom stereocenters. The van der Waals surface area contributed by atoms with Crippen LogP contribution in [0.1, 0.15) is 0 Å². The fraction of sp³-hybridized carbons (Fsp3) is 0.500. The predicted octanol–water partition coefficient (Wildman–Crippen LogP) is -0.135. The smallest absolute Gasteiger partial charge is 0.147 e. The molecule has 1 atom stereocenters. The van der Waals surface area contributed by atoms with Crippen molar-refractivity contribution in [2.45, 2.75) is 4.95 Å². The molecule has 0 radical (unpaired) electrons. The molecule has 0 aromatic rings. The maximum absolute atomic E-state index is 9.33. The summed E-state index contributed by atoms with van der Waals surface area (Å²) in [4.78, 5) is 8.85. The van der Waals surface area contributed by atoms with E-state index in [0.29, 0.717) is 6.29 Å². The number of alkyl halides is 1. The van der Waals surface area contributed by atoms with E-state index in [1.54, 1.807) is 0 Å². The SMILES string of the molecule is N[C@@H](Br)C=O. The van der Waals surface area contributed by atoms with Gasteiger partial charge in [0.05, 0.1) is 0 Å². The van der Waals surface area contributed by atoms with Crippen LogP contribution < -0.4 is 5.73 Å². The van der Waals surface area contributed by atoms with E-state index in [0.717, 1.165) is 0 Å². The van der Waals surface area contributed by atoms with Gasteiger partial charge in [-0.25, -0.2) is 0 Å². The van der Waals surface area contributed by atoms with Crippen molar-refractivity contribution in [1.82, 2.24) is 0 Å². The van der Waals surface area contributed by atoms with Crippen LogP contribution in [0.15, 0.2) is 0 Å². The highest BCUT2D eigenvalue weighted by molar-refractivity contribution is 9.09. The minimum Gasteiger partial charge on any atom is -0.313 e. The lowest BCUT2D eigenvalue weighted by Gasteiger charge is -1.78. The van der Waals surface area contributed by atoms with Gasteiger partial charge in [-0.05, 0) is 0 Å². The van der Waals surface area contributed by atoms with Crippen LogP contribution in [0.25, 0.3) is 0 Å². The maximum Gasteiger partial charge on any atom is 0.147 e. The van der Waals surface area contributed by atoms with Crippen LogP contribution >= 0.6 is 15.9 Å². The van der Waals surface area contributed by atoms with Crippen LogP contribution in [-0.2, 0) is 4.79 Å². The van der Waals surface area contributed by atoms with Gasteiger partial charge < -0.3 is 10.5 Å². The van der Waals surface area contributed by atoms with Gasteiger partial charge in [-0.15, -0.1) is 0 Å². The van der Waals surface area contributed by atoms with E-state index in [9.17, 15) is 4.79 Å². The second-order valence-electron chi connectivity index (χ2n) is 0.581. The van der Waals surface area contributed by atoms with Gasteiger partial charge >= 0.3 is 0 Å². The van der Waals surface area contributed by atoms with E-state index in [1.807, 2.05) is 0 Å². The third kappa shape index (κ3) is 4.11. The predicted molar refractivity (Wildman–Crippen MR) is 23.0 cm³/mol. The molecule has 0 aliphatic rings. The lowest BCUT2D eigenvalue weighted by atomic mass is 10.8. The van der Waals surface area contributed by atoms with Crippen molar-refractivity contribution in [3.05, 3.63) is 0 Å². The first-order valence-corrected chi connectivity index (χ1v) is 2.04. The van der Waals surface area contributed by atoms with E-state index in [1.165, 1.54) is 0 Å². The lowest BCUT2D eigenvalue weighted by molar-refractivity contribution is -0.107. The maximum atomic E-state index is 9.33. The topological polar surface area (TPSA) is 43.1 Å². The minimum atomic E-state index is -0.484. The highest BCUT2D eigenvalue weighted by Crippen LogP contribution is 1.78. The average Bonchev–Trinajstić information content (AvgIpc) is 1.38. The molecule has 0 aromatic heterocycles. The molecule has 0 aromatic carbocycles. The number of carbonyl (C=O) groups is 1. The van der Waals surface area contributed by atoms with Crippen LogP contribution in [0.3, 0.4) is 0 Å². The Morgan fingerprint density at radius 2 is 2.20 bits per heavy atom. The summed E-state index contributed by atoms with van der Waals surface area (Å²) in [6.07, 6.45) is 0.611. The van der Waals surface area contributed by atoms with E-state index >= 15 is 0 Å². The molecule has 0 rings (SSSR count). The Bertz CT molecular complexity index is 36.6. The van der Waals surface area contributed by atoms with E-state index in [2.05, 4.69) is 15.9 Å².